The van der Waals surface area contributed by atoms with Crippen LogP contribution in [0.15, 0.2) is 34.7 Å². The van der Waals surface area contributed by atoms with Gasteiger partial charge in [0, 0.05) is 19.6 Å². The molecule has 0 saturated heterocycles. The summed E-state index contributed by atoms with van der Waals surface area (Å²) in [6.45, 7) is 7.25. The molecule has 0 bridgehead atoms. The minimum absolute atomic E-state index is 0.205. The summed E-state index contributed by atoms with van der Waals surface area (Å²) in [6, 6.07) is 9.42. The first-order chi connectivity index (χ1) is 9.97. The summed E-state index contributed by atoms with van der Waals surface area (Å²) < 4.78 is 19.8. The van der Waals surface area contributed by atoms with Gasteiger partial charge in [0.2, 0.25) is 0 Å². The van der Waals surface area contributed by atoms with Crippen molar-refractivity contribution in [3.8, 4) is 0 Å². The lowest BCUT2D eigenvalue weighted by Gasteiger charge is -2.23. The fraction of sp³-hybridized carbons (Fsp3) is 0.412. The minimum atomic E-state index is -0.205. The molecule has 0 atom stereocenters. The number of para-hydroxylation sites is 1. The Balaban J connectivity index is 2.20. The SMILES string of the molecule is Cc1ccc(CN(C)c2c(F)cccc2CNC(C)C)o1. The van der Waals surface area contributed by atoms with Gasteiger partial charge in [-0.25, -0.2) is 4.39 Å². The van der Waals surface area contributed by atoms with Crippen molar-refractivity contribution in [2.75, 3.05) is 11.9 Å². The van der Waals surface area contributed by atoms with Crippen LogP contribution >= 0.6 is 0 Å². The summed E-state index contributed by atoms with van der Waals surface area (Å²) in [4.78, 5) is 1.89. The molecule has 2 rings (SSSR count). The van der Waals surface area contributed by atoms with Crippen LogP contribution in [-0.4, -0.2) is 13.1 Å². The van der Waals surface area contributed by atoms with E-state index in [1.165, 1.54) is 6.07 Å². The van der Waals surface area contributed by atoms with Crippen LogP contribution in [0.25, 0.3) is 0 Å². The zero-order valence-corrected chi connectivity index (χ0v) is 13.1. The summed E-state index contributed by atoms with van der Waals surface area (Å²) in [6.07, 6.45) is 0. The molecule has 0 unspecified atom stereocenters. The van der Waals surface area contributed by atoms with Crippen molar-refractivity contribution < 1.29 is 8.81 Å². The lowest BCUT2D eigenvalue weighted by molar-refractivity contribution is 0.480. The number of hydrogen-bond donors (Lipinski definition) is 1. The first kappa shape index (κ1) is 15.6. The second-order valence-electron chi connectivity index (χ2n) is 5.65. The van der Waals surface area contributed by atoms with E-state index in [2.05, 4.69) is 19.2 Å². The Hall–Kier alpha value is -1.81. The third-order valence-electron chi connectivity index (χ3n) is 3.34. The number of rotatable bonds is 6. The molecule has 0 fully saturated rings. The van der Waals surface area contributed by atoms with Gasteiger partial charge in [-0.2, -0.15) is 0 Å². The molecule has 0 radical (unpaired) electrons. The van der Waals surface area contributed by atoms with E-state index >= 15 is 0 Å². The zero-order valence-electron chi connectivity index (χ0n) is 13.1. The highest BCUT2D eigenvalue weighted by molar-refractivity contribution is 5.54. The van der Waals surface area contributed by atoms with Crippen molar-refractivity contribution in [1.29, 1.82) is 0 Å². The Morgan fingerprint density at radius 1 is 1.24 bits per heavy atom. The Morgan fingerprint density at radius 2 is 2.00 bits per heavy atom. The second kappa shape index (κ2) is 6.76. The smallest absolute Gasteiger partial charge is 0.146 e. The van der Waals surface area contributed by atoms with Crippen LogP contribution in [-0.2, 0) is 13.1 Å². The van der Waals surface area contributed by atoms with E-state index in [9.17, 15) is 4.39 Å². The Bertz CT molecular complexity index is 592. The van der Waals surface area contributed by atoms with Crippen molar-refractivity contribution in [2.45, 2.75) is 39.9 Å². The highest BCUT2D eigenvalue weighted by Gasteiger charge is 2.14. The molecule has 0 spiro atoms. The Labute approximate surface area is 125 Å². The number of nitrogens with zero attached hydrogens (tertiary/aromatic N) is 1. The molecule has 0 amide bonds. The Morgan fingerprint density at radius 3 is 2.62 bits per heavy atom. The molecule has 1 N–H and O–H groups in total. The molecule has 4 heteroatoms. The maximum atomic E-state index is 14.2. The van der Waals surface area contributed by atoms with Gasteiger partial charge in [-0.1, -0.05) is 26.0 Å². The van der Waals surface area contributed by atoms with E-state index in [1.807, 2.05) is 37.1 Å². The van der Waals surface area contributed by atoms with Crippen LogP contribution in [0.3, 0.4) is 0 Å². The number of halogens is 1. The highest BCUT2D eigenvalue weighted by atomic mass is 19.1. The molecule has 114 valence electrons. The topological polar surface area (TPSA) is 28.4 Å². The predicted molar refractivity (Wildman–Crippen MR) is 83.9 cm³/mol. The molecule has 0 aliphatic rings. The monoisotopic (exact) mass is 290 g/mol. The van der Waals surface area contributed by atoms with E-state index < -0.39 is 0 Å². The fourth-order valence-electron chi connectivity index (χ4n) is 2.33. The van der Waals surface area contributed by atoms with Crippen molar-refractivity contribution in [2.24, 2.45) is 0 Å². The highest BCUT2D eigenvalue weighted by Crippen LogP contribution is 2.25. The number of anilines is 1. The molecular weight excluding hydrogens is 267 g/mol. The maximum absolute atomic E-state index is 14.2. The first-order valence-electron chi connectivity index (χ1n) is 7.24. The number of benzene rings is 1. The first-order valence-corrected chi connectivity index (χ1v) is 7.24. The standard InChI is InChI=1S/C17H23FN2O/c1-12(2)19-10-14-6-5-7-16(18)17(14)20(4)11-15-9-8-13(3)21-15/h5-9,12,19H,10-11H2,1-4H3. The van der Waals surface area contributed by atoms with Crippen LogP contribution in [0, 0.1) is 12.7 Å². The molecule has 1 aromatic heterocycles. The van der Waals surface area contributed by atoms with E-state index in [0.717, 1.165) is 17.1 Å². The molecule has 2 aromatic rings. The van der Waals surface area contributed by atoms with Crippen LogP contribution in [0.2, 0.25) is 0 Å². The van der Waals surface area contributed by atoms with Crippen LogP contribution < -0.4 is 10.2 Å². The summed E-state index contributed by atoms with van der Waals surface area (Å²) in [5, 5.41) is 3.34. The second-order valence-corrected chi connectivity index (χ2v) is 5.65. The lowest BCUT2D eigenvalue weighted by atomic mass is 10.1. The third kappa shape index (κ3) is 4.08. The van der Waals surface area contributed by atoms with Gasteiger partial charge in [0.25, 0.3) is 0 Å². The van der Waals surface area contributed by atoms with Gasteiger partial charge in [-0.15, -0.1) is 0 Å². The van der Waals surface area contributed by atoms with Gasteiger partial charge in [-0.05, 0) is 30.7 Å². The number of aryl methyl sites for hydroxylation is 1. The van der Waals surface area contributed by atoms with Gasteiger partial charge in [0.15, 0.2) is 0 Å². The summed E-state index contributed by atoms with van der Waals surface area (Å²) in [7, 11) is 1.88. The van der Waals surface area contributed by atoms with Crippen molar-refractivity contribution >= 4 is 5.69 Å². The Kier molecular flexibility index (Phi) is 5.02. The van der Waals surface area contributed by atoms with Gasteiger partial charge < -0.3 is 14.6 Å². The largest absolute Gasteiger partial charge is 0.464 e. The number of furan rings is 1. The van der Waals surface area contributed by atoms with Gasteiger partial charge in [-0.3, -0.25) is 0 Å². The zero-order chi connectivity index (χ0) is 15.4. The normalized spacial score (nSPS) is 11.1. The molecule has 3 nitrogen and oxygen atoms in total. The van der Waals surface area contributed by atoms with E-state index in [1.54, 1.807) is 6.07 Å². The van der Waals surface area contributed by atoms with Gasteiger partial charge >= 0.3 is 0 Å². The summed E-state index contributed by atoms with van der Waals surface area (Å²) >= 11 is 0. The minimum Gasteiger partial charge on any atom is -0.464 e. The number of nitrogens with one attached hydrogen (secondary N) is 1. The van der Waals surface area contributed by atoms with E-state index in [-0.39, 0.29) is 5.82 Å². The molecule has 21 heavy (non-hydrogen) atoms. The van der Waals surface area contributed by atoms with Crippen LogP contribution in [0.4, 0.5) is 10.1 Å². The van der Waals surface area contributed by atoms with Crippen molar-refractivity contribution in [3.05, 3.63) is 53.2 Å². The summed E-state index contributed by atoms with van der Waals surface area (Å²) in [5.41, 5.74) is 1.58. The predicted octanol–water partition coefficient (Wildman–Crippen LogP) is 3.86. The van der Waals surface area contributed by atoms with E-state index in [0.29, 0.717) is 24.8 Å². The van der Waals surface area contributed by atoms with Crippen molar-refractivity contribution in [3.63, 3.8) is 0 Å². The molecule has 0 aliphatic heterocycles. The molecular formula is C17H23FN2O. The van der Waals surface area contributed by atoms with Gasteiger partial charge in [0.05, 0.1) is 12.2 Å². The maximum Gasteiger partial charge on any atom is 0.146 e. The average molecular weight is 290 g/mol. The molecule has 1 heterocycles. The van der Waals surface area contributed by atoms with E-state index in [4.69, 9.17) is 4.42 Å². The lowest BCUT2D eigenvalue weighted by Crippen LogP contribution is -2.25. The quantitative estimate of drug-likeness (QED) is 0.875. The van der Waals surface area contributed by atoms with Crippen LogP contribution in [0.5, 0.6) is 0 Å². The molecule has 1 aromatic carbocycles. The molecule has 0 saturated carbocycles. The van der Waals surface area contributed by atoms with Gasteiger partial charge in [0.1, 0.15) is 17.3 Å². The average Bonchev–Trinajstić information content (AvgIpc) is 2.81. The molecule has 0 aliphatic carbocycles. The summed E-state index contributed by atoms with van der Waals surface area (Å²) in [5.74, 6) is 1.50. The fourth-order valence-corrected chi connectivity index (χ4v) is 2.33. The van der Waals surface area contributed by atoms with Crippen LogP contribution in [0.1, 0.15) is 30.9 Å². The number of hydrogen-bond acceptors (Lipinski definition) is 3. The third-order valence-corrected chi connectivity index (χ3v) is 3.34. The van der Waals surface area contributed by atoms with Crippen molar-refractivity contribution in [1.82, 2.24) is 5.32 Å².